The summed E-state index contributed by atoms with van der Waals surface area (Å²) in [5, 5.41) is 5.47. The Kier molecular flexibility index (Phi) is 5.28. The molecular weight excluding hydrogens is 372 g/mol. The monoisotopic (exact) mass is 396 g/mol. The molecule has 4 rings (SSSR count). The zero-order valence-electron chi connectivity index (χ0n) is 16.4. The van der Waals surface area contributed by atoms with E-state index in [9.17, 15) is 4.79 Å². The highest BCUT2D eigenvalue weighted by molar-refractivity contribution is 7.16. The van der Waals surface area contributed by atoms with E-state index in [4.69, 9.17) is 9.84 Å². The summed E-state index contributed by atoms with van der Waals surface area (Å²) in [7, 11) is 0. The molecule has 0 N–H and O–H groups in total. The van der Waals surface area contributed by atoms with E-state index in [0.717, 1.165) is 28.6 Å². The molecule has 1 saturated heterocycles. The lowest BCUT2D eigenvalue weighted by Crippen LogP contribution is -2.40. The molecule has 1 aromatic carbocycles. The lowest BCUT2D eigenvalue weighted by atomic mass is 10.0. The summed E-state index contributed by atoms with van der Waals surface area (Å²) in [4.78, 5) is 20.1. The lowest BCUT2D eigenvalue weighted by Gasteiger charge is -2.26. The van der Waals surface area contributed by atoms with Crippen molar-refractivity contribution in [1.82, 2.24) is 19.7 Å². The zero-order chi connectivity index (χ0) is 19.7. The Bertz CT molecular complexity index is 988. The predicted octanol–water partition coefficient (Wildman–Crippen LogP) is 3.32. The normalized spacial score (nSPS) is 14.5. The SMILES string of the molecule is Cc1nc(-n2nc(C)c(Cc3ccccc3)c2C)sc1C(=O)N1CCOCC1. The third-order valence-electron chi connectivity index (χ3n) is 5.12. The van der Waals surface area contributed by atoms with E-state index in [-0.39, 0.29) is 5.91 Å². The number of morpholine rings is 1. The fraction of sp³-hybridized carbons (Fsp3) is 0.381. The summed E-state index contributed by atoms with van der Waals surface area (Å²) >= 11 is 1.41. The quantitative estimate of drug-likeness (QED) is 0.679. The number of hydrogen-bond donors (Lipinski definition) is 0. The van der Waals surface area contributed by atoms with Crippen LogP contribution in [0.15, 0.2) is 30.3 Å². The average molecular weight is 397 g/mol. The van der Waals surface area contributed by atoms with Crippen LogP contribution in [0.2, 0.25) is 0 Å². The van der Waals surface area contributed by atoms with Crippen molar-refractivity contribution in [3.05, 3.63) is 63.4 Å². The third-order valence-corrected chi connectivity index (χ3v) is 6.24. The third kappa shape index (κ3) is 3.59. The van der Waals surface area contributed by atoms with E-state index in [1.165, 1.54) is 22.5 Å². The summed E-state index contributed by atoms with van der Waals surface area (Å²) in [6.45, 7) is 8.44. The Balaban J connectivity index is 1.63. The number of aryl methyl sites for hydroxylation is 2. The Morgan fingerprint density at radius 2 is 1.82 bits per heavy atom. The van der Waals surface area contributed by atoms with E-state index < -0.39 is 0 Å². The number of aromatic nitrogens is 3. The number of benzene rings is 1. The van der Waals surface area contributed by atoms with Gasteiger partial charge in [-0.1, -0.05) is 41.7 Å². The second kappa shape index (κ2) is 7.85. The highest BCUT2D eigenvalue weighted by Gasteiger charge is 2.25. The van der Waals surface area contributed by atoms with E-state index in [2.05, 4.69) is 36.2 Å². The smallest absolute Gasteiger partial charge is 0.266 e. The van der Waals surface area contributed by atoms with Crippen LogP contribution in [-0.2, 0) is 11.2 Å². The summed E-state index contributed by atoms with van der Waals surface area (Å²) in [5.74, 6) is 0.0376. The maximum Gasteiger partial charge on any atom is 0.266 e. The van der Waals surface area contributed by atoms with E-state index >= 15 is 0 Å². The van der Waals surface area contributed by atoms with Gasteiger partial charge in [0, 0.05) is 30.8 Å². The first kappa shape index (κ1) is 18.8. The second-order valence-electron chi connectivity index (χ2n) is 7.04. The molecule has 0 atom stereocenters. The number of rotatable bonds is 4. The van der Waals surface area contributed by atoms with Gasteiger partial charge in [-0.05, 0) is 26.3 Å². The van der Waals surface area contributed by atoms with Crippen molar-refractivity contribution in [3.63, 3.8) is 0 Å². The number of hydrogen-bond acceptors (Lipinski definition) is 5. The Hall–Kier alpha value is -2.51. The van der Waals surface area contributed by atoms with Gasteiger partial charge < -0.3 is 9.64 Å². The standard InChI is InChI=1S/C21H24N4O2S/c1-14-18(13-17-7-5-4-6-8-17)16(3)25(23-14)21-22-15(2)19(28-21)20(26)24-9-11-27-12-10-24/h4-8H,9-13H2,1-3H3. The molecule has 0 spiro atoms. The van der Waals surface area contributed by atoms with Crippen LogP contribution in [0.1, 0.15) is 37.9 Å². The van der Waals surface area contributed by atoms with Gasteiger partial charge in [-0.25, -0.2) is 9.67 Å². The highest BCUT2D eigenvalue weighted by atomic mass is 32.1. The van der Waals surface area contributed by atoms with Gasteiger partial charge in [0.2, 0.25) is 5.13 Å². The fourth-order valence-corrected chi connectivity index (χ4v) is 4.54. The van der Waals surface area contributed by atoms with Crippen molar-refractivity contribution in [2.24, 2.45) is 0 Å². The van der Waals surface area contributed by atoms with E-state index in [1.54, 1.807) is 0 Å². The summed E-state index contributed by atoms with van der Waals surface area (Å²) in [6.07, 6.45) is 0.836. The molecule has 0 unspecified atom stereocenters. The first-order chi connectivity index (χ1) is 13.5. The average Bonchev–Trinajstić information content (AvgIpc) is 3.23. The summed E-state index contributed by atoms with van der Waals surface area (Å²) < 4.78 is 7.23. The van der Waals surface area contributed by atoms with Crippen LogP contribution in [0.5, 0.6) is 0 Å². The van der Waals surface area contributed by atoms with Gasteiger partial charge in [0.1, 0.15) is 4.88 Å². The van der Waals surface area contributed by atoms with Crippen molar-refractivity contribution >= 4 is 17.2 Å². The highest BCUT2D eigenvalue weighted by Crippen LogP contribution is 2.27. The molecule has 146 valence electrons. The number of amides is 1. The van der Waals surface area contributed by atoms with Crippen LogP contribution >= 0.6 is 11.3 Å². The second-order valence-corrected chi connectivity index (χ2v) is 8.02. The Labute approximate surface area is 168 Å². The molecule has 2 aromatic heterocycles. The first-order valence-corrected chi connectivity index (χ1v) is 10.3. The Morgan fingerprint density at radius 3 is 2.54 bits per heavy atom. The van der Waals surface area contributed by atoms with Crippen LogP contribution in [0.3, 0.4) is 0 Å². The zero-order valence-corrected chi connectivity index (χ0v) is 17.3. The molecule has 1 amide bonds. The summed E-state index contributed by atoms with van der Waals surface area (Å²) in [5.41, 5.74) is 5.29. The van der Waals surface area contributed by atoms with Gasteiger partial charge >= 0.3 is 0 Å². The molecule has 7 heteroatoms. The van der Waals surface area contributed by atoms with Gasteiger partial charge in [0.15, 0.2) is 0 Å². The molecular formula is C21H24N4O2S. The number of carbonyl (C=O) groups is 1. The molecule has 28 heavy (non-hydrogen) atoms. The van der Waals surface area contributed by atoms with Crippen LogP contribution < -0.4 is 0 Å². The van der Waals surface area contributed by atoms with Gasteiger partial charge in [-0.2, -0.15) is 5.10 Å². The molecule has 3 heterocycles. The Morgan fingerprint density at radius 1 is 1.11 bits per heavy atom. The fourth-order valence-electron chi connectivity index (χ4n) is 3.50. The van der Waals surface area contributed by atoms with Crippen LogP contribution in [0, 0.1) is 20.8 Å². The van der Waals surface area contributed by atoms with Crippen molar-refractivity contribution < 1.29 is 9.53 Å². The van der Waals surface area contributed by atoms with Gasteiger partial charge in [-0.15, -0.1) is 0 Å². The molecule has 1 fully saturated rings. The van der Waals surface area contributed by atoms with Crippen molar-refractivity contribution in [2.45, 2.75) is 27.2 Å². The van der Waals surface area contributed by atoms with Crippen LogP contribution in [0.25, 0.3) is 5.13 Å². The molecule has 1 aliphatic rings. The minimum Gasteiger partial charge on any atom is -0.378 e. The molecule has 3 aromatic rings. The minimum absolute atomic E-state index is 0.0376. The first-order valence-electron chi connectivity index (χ1n) is 9.48. The lowest BCUT2D eigenvalue weighted by molar-refractivity contribution is 0.0305. The number of nitrogens with zero attached hydrogens (tertiary/aromatic N) is 4. The molecule has 0 aliphatic carbocycles. The van der Waals surface area contributed by atoms with E-state index in [0.29, 0.717) is 31.2 Å². The maximum atomic E-state index is 12.9. The molecule has 1 aliphatic heterocycles. The molecule has 0 radical (unpaired) electrons. The van der Waals surface area contributed by atoms with Crippen molar-refractivity contribution in [2.75, 3.05) is 26.3 Å². The van der Waals surface area contributed by atoms with Crippen molar-refractivity contribution in [3.8, 4) is 5.13 Å². The van der Waals surface area contributed by atoms with Gasteiger partial charge in [-0.3, -0.25) is 4.79 Å². The molecule has 6 nitrogen and oxygen atoms in total. The van der Waals surface area contributed by atoms with Gasteiger partial charge in [0.05, 0.1) is 24.6 Å². The predicted molar refractivity (Wildman–Crippen MR) is 109 cm³/mol. The largest absolute Gasteiger partial charge is 0.378 e. The maximum absolute atomic E-state index is 12.9. The van der Waals surface area contributed by atoms with Crippen LogP contribution in [0.4, 0.5) is 0 Å². The van der Waals surface area contributed by atoms with Gasteiger partial charge in [0.25, 0.3) is 5.91 Å². The number of ether oxygens (including phenoxy) is 1. The van der Waals surface area contributed by atoms with Crippen LogP contribution in [-0.4, -0.2) is 51.9 Å². The number of carbonyl (C=O) groups excluding carboxylic acids is 1. The molecule has 0 saturated carbocycles. The number of thiazole rings is 1. The topological polar surface area (TPSA) is 60.2 Å². The minimum atomic E-state index is 0.0376. The summed E-state index contributed by atoms with van der Waals surface area (Å²) in [6, 6.07) is 10.4. The molecule has 0 bridgehead atoms. The van der Waals surface area contributed by atoms with E-state index in [1.807, 2.05) is 29.5 Å². The van der Waals surface area contributed by atoms with Crippen molar-refractivity contribution in [1.29, 1.82) is 0 Å².